The van der Waals surface area contributed by atoms with Gasteiger partial charge in [0.1, 0.15) is 23.0 Å². The van der Waals surface area contributed by atoms with Crippen LogP contribution in [0.5, 0.6) is 23.0 Å². The molecule has 0 spiro atoms. The van der Waals surface area contributed by atoms with E-state index in [4.69, 9.17) is 14.2 Å². The maximum atomic E-state index is 10.9. The van der Waals surface area contributed by atoms with Gasteiger partial charge in [0.2, 0.25) is 0 Å². The molecule has 5 nitrogen and oxygen atoms in total. The molecule has 0 aliphatic heterocycles. The fourth-order valence-electron chi connectivity index (χ4n) is 2.67. The molecule has 1 atom stereocenters. The molecule has 0 unspecified atom stereocenters. The van der Waals surface area contributed by atoms with Gasteiger partial charge in [0.25, 0.3) is 6.47 Å². The third-order valence-corrected chi connectivity index (χ3v) is 3.76. The van der Waals surface area contributed by atoms with Gasteiger partial charge in [0, 0.05) is 23.6 Å². The number of benzene rings is 2. The Kier molecular flexibility index (Phi) is 5.46. The first kappa shape index (κ1) is 16.7. The summed E-state index contributed by atoms with van der Waals surface area (Å²) in [6.45, 7) is 2.42. The highest BCUT2D eigenvalue weighted by Gasteiger charge is 2.23. The number of phenols is 1. The molecule has 1 N–H and O–H groups in total. The molecule has 2 rings (SSSR count). The molecule has 0 aliphatic carbocycles. The third kappa shape index (κ3) is 3.56. The number of aromatic hydroxyl groups is 1. The van der Waals surface area contributed by atoms with Crippen LogP contribution in [0.1, 0.15) is 30.4 Å². The number of hydrogen-bond donors (Lipinski definition) is 1. The van der Waals surface area contributed by atoms with Gasteiger partial charge in [-0.3, -0.25) is 4.79 Å². The fraction of sp³-hybridized carbons (Fsp3) is 0.278. The maximum Gasteiger partial charge on any atom is 0.298 e. The van der Waals surface area contributed by atoms with Gasteiger partial charge in [0.15, 0.2) is 0 Å². The van der Waals surface area contributed by atoms with Crippen molar-refractivity contribution in [1.82, 2.24) is 0 Å². The standard InChI is InChI=1S/C18H20O5/c1-4-15(12-5-7-13(20)8-6-12)18-16(22-3)9-14(21-2)10-17(18)23-11-19/h5-11,15,20H,4H2,1-3H3/t15-/m0/s1. The Morgan fingerprint density at radius 2 is 1.74 bits per heavy atom. The fourth-order valence-corrected chi connectivity index (χ4v) is 2.67. The van der Waals surface area contributed by atoms with Crippen molar-refractivity contribution in [3.05, 3.63) is 47.5 Å². The molecule has 23 heavy (non-hydrogen) atoms. The second-order valence-electron chi connectivity index (χ2n) is 5.01. The number of hydrogen-bond acceptors (Lipinski definition) is 5. The Bertz CT molecular complexity index is 664. The lowest BCUT2D eigenvalue weighted by Crippen LogP contribution is -2.06. The largest absolute Gasteiger partial charge is 0.508 e. The molecule has 0 bridgehead atoms. The van der Waals surface area contributed by atoms with Crippen molar-refractivity contribution in [3.63, 3.8) is 0 Å². The van der Waals surface area contributed by atoms with Crippen LogP contribution in [0.4, 0.5) is 0 Å². The minimum atomic E-state index is -0.0496. The molecule has 0 saturated carbocycles. The van der Waals surface area contributed by atoms with Crippen molar-refractivity contribution in [3.8, 4) is 23.0 Å². The normalized spacial score (nSPS) is 11.6. The second kappa shape index (κ2) is 7.54. The van der Waals surface area contributed by atoms with E-state index in [1.807, 2.05) is 19.1 Å². The predicted octanol–water partition coefficient (Wildman–Crippen LogP) is 3.49. The van der Waals surface area contributed by atoms with Crippen molar-refractivity contribution in [2.75, 3.05) is 14.2 Å². The highest BCUT2D eigenvalue weighted by molar-refractivity contribution is 5.59. The molecule has 2 aromatic rings. The molecule has 2 aromatic carbocycles. The summed E-state index contributed by atoms with van der Waals surface area (Å²) in [5.41, 5.74) is 1.76. The van der Waals surface area contributed by atoms with Crippen LogP contribution in [-0.2, 0) is 4.79 Å². The molecule has 0 radical (unpaired) electrons. The van der Waals surface area contributed by atoms with E-state index >= 15 is 0 Å². The molecule has 5 heteroatoms. The van der Waals surface area contributed by atoms with E-state index in [0.717, 1.165) is 17.5 Å². The number of methoxy groups -OCH3 is 2. The van der Waals surface area contributed by atoms with E-state index in [9.17, 15) is 9.90 Å². The second-order valence-corrected chi connectivity index (χ2v) is 5.01. The summed E-state index contributed by atoms with van der Waals surface area (Å²) in [6.07, 6.45) is 0.767. The monoisotopic (exact) mass is 316 g/mol. The zero-order chi connectivity index (χ0) is 16.8. The summed E-state index contributed by atoms with van der Waals surface area (Å²) in [6, 6.07) is 10.4. The average molecular weight is 316 g/mol. The van der Waals surface area contributed by atoms with Crippen molar-refractivity contribution in [2.24, 2.45) is 0 Å². The number of ether oxygens (including phenoxy) is 3. The summed E-state index contributed by atoms with van der Waals surface area (Å²) in [4.78, 5) is 10.9. The van der Waals surface area contributed by atoms with E-state index in [1.54, 1.807) is 31.4 Å². The van der Waals surface area contributed by atoms with E-state index in [0.29, 0.717) is 23.7 Å². The van der Waals surface area contributed by atoms with Gasteiger partial charge in [-0.15, -0.1) is 0 Å². The highest BCUT2D eigenvalue weighted by atomic mass is 16.5. The van der Waals surface area contributed by atoms with Crippen LogP contribution in [0.25, 0.3) is 0 Å². The minimum Gasteiger partial charge on any atom is -0.508 e. The molecular formula is C18H20O5. The van der Waals surface area contributed by atoms with Crippen LogP contribution in [0, 0.1) is 0 Å². The van der Waals surface area contributed by atoms with Crippen molar-refractivity contribution in [2.45, 2.75) is 19.3 Å². The third-order valence-electron chi connectivity index (χ3n) is 3.76. The van der Waals surface area contributed by atoms with Crippen molar-refractivity contribution < 1.29 is 24.1 Å². The minimum absolute atomic E-state index is 0.0496. The van der Waals surface area contributed by atoms with Gasteiger partial charge in [-0.05, 0) is 24.1 Å². The molecular weight excluding hydrogens is 296 g/mol. The smallest absolute Gasteiger partial charge is 0.298 e. The Hall–Kier alpha value is -2.69. The summed E-state index contributed by atoms with van der Waals surface area (Å²) in [5.74, 6) is 1.68. The van der Waals surface area contributed by atoms with Crippen LogP contribution >= 0.6 is 0 Å². The van der Waals surface area contributed by atoms with Crippen LogP contribution in [0.3, 0.4) is 0 Å². The number of phenolic OH excluding ortho intramolecular Hbond substituents is 1. The Morgan fingerprint density at radius 1 is 1.09 bits per heavy atom. The van der Waals surface area contributed by atoms with Crippen molar-refractivity contribution in [1.29, 1.82) is 0 Å². The first-order valence-electron chi connectivity index (χ1n) is 7.29. The molecule has 0 fully saturated rings. The summed E-state index contributed by atoms with van der Waals surface area (Å²) in [7, 11) is 3.10. The van der Waals surface area contributed by atoms with Crippen LogP contribution in [0.2, 0.25) is 0 Å². The van der Waals surface area contributed by atoms with Gasteiger partial charge >= 0.3 is 0 Å². The zero-order valence-corrected chi connectivity index (χ0v) is 13.4. The molecule has 122 valence electrons. The molecule has 0 aliphatic rings. The topological polar surface area (TPSA) is 65.0 Å². The Labute approximate surface area is 135 Å². The van der Waals surface area contributed by atoms with E-state index in [1.165, 1.54) is 7.11 Å². The van der Waals surface area contributed by atoms with Gasteiger partial charge in [-0.2, -0.15) is 0 Å². The van der Waals surface area contributed by atoms with Crippen LogP contribution in [0.15, 0.2) is 36.4 Å². The van der Waals surface area contributed by atoms with Gasteiger partial charge < -0.3 is 19.3 Å². The lowest BCUT2D eigenvalue weighted by atomic mass is 9.87. The number of carbonyl (C=O) groups is 1. The first-order valence-corrected chi connectivity index (χ1v) is 7.29. The summed E-state index contributed by atoms with van der Waals surface area (Å²) < 4.78 is 15.9. The Balaban J connectivity index is 2.61. The van der Waals surface area contributed by atoms with Gasteiger partial charge in [-0.1, -0.05) is 19.1 Å². The predicted molar refractivity (Wildman–Crippen MR) is 86.5 cm³/mol. The van der Waals surface area contributed by atoms with E-state index < -0.39 is 0 Å². The van der Waals surface area contributed by atoms with Gasteiger partial charge in [0.05, 0.1) is 14.2 Å². The molecule has 0 aromatic heterocycles. The molecule has 0 heterocycles. The van der Waals surface area contributed by atoms with Crippen molar-refractivity contribution >= 4 is 6.47 Å². The summed E-state index contributed by atoms with van der Waals surface area (Å²) in [5, 5.41) is 9.48. The quantitative estimate of drug-likeness (QED) is 0.792. The number of rotatable bonds is 7. The van der Waals surface area contributed by atoms with E-state index in [-0.39, 0.29) is 11.7 Å². The van der Waals surface area contributed by atoms with E-state index in [2.05, 4.69) is 0 Å². The SMILES string of the molecule is CC[C@@H](c1ccc(O)cc1)c1c(OC)cc(OC)cc1OC=O. The Morgan fingerprint density at radius 3 is 2.26 bits per heavy atom. The average Bonchev–Trinajstić information content (AvgIpc) is 2.58. The highest BCUT2D eigenvalue weighted by Crippen LogP contribution is 2.43. The zero-order valence-electron chi connectivity index (χ0n) is 13.4. The maximum absolute atomic E-state index is 10.9. The first-order chi connectivity index (χ1) is 11.1. The van der Waals surface area contributed by atoms with Gasteiger partial charge in [-0.25, -0.2) is 0 Å². The lowest BCUT2D eigenvalue weighted by Gasteiger charge is -2.22. The molecule has 0 saturated heterocycles. The van der Waals surface area contributed by atoms with Crippen LogP contribution in [-0.4, -0.2) is 25.8 Å². The summed E-state index contributed by atoms with van der Waals surface area (Å²) >= 11 is 0. The lowest BCUT2D eigenvalue weighted by molar-refractivity contribution is -0.120. The number of carbonyl (C=O) groups excluding carboxylic acids is 1. The van der Waals surface area contributed by atoms with Crippen LogP contribution < -0.4 is 14.2 Å². The molecule has 0 amide bonds.